The van der Waals surface area contributed by atoms with Gasteiger partial charge in [0.25, 0.3) is 0 Å². The minimum absolute atomic E-state index is 0.00828. The lowest BCUT2D eigenvalue weighted by molar-refractivity contribution is -0.139. The molecule has 0 spiro atoms. The minimum atomic E-state index is -1.13. The van der Waals surface area contributed by atoms with Gasteiger partial charge in [-0.1, -0.05) is 45.1 Å². The standard InChI is InChI=1S/C13H22O4/c1-2-3-4-5-6-7-8-9-11(13(16)17)10-12(14)15/h9H,2-8,10H2,1H3,(H,14,15)(H,16,17). The summed E-state index contributed by atoms with van der Waals surface area (Å²) in [6.07, 6.45) is 8.65. The summed E-state index contributed by atoms with van der Waals surface area (Å²) in [6.45, 7) is 2.16. The van der Waals surface area contributed by atoms with E-state index in [-0.39, 0.29) is 5.57 Å². The highest BCUT2D eigenvalue weighted by Crippen LogP contribution is 2.10. The van der Waals surface area contributed by atoms with E-state index in [9.17, 15) is 9.59 Å². The molecule has 2 N–H and O–H groups in total. The van der Waals surface area contributed by atoms with E-state index in [1.807, 2.05) is 0 Å². The van der Waals surface area contributed by atoms with Crippen molar-refractivity contribution in [1.82, 2.24) is 0 Å². The van der Waals surface area contributed by atoms with Crippen LogP contribution in [0.4, 0.5) is 0 Å². The zero-order chi connectivity index (χ0) is 13.1. The molecule has 0 fully saturated rings. The topological polar surface area (TPSA) is 74.6 Å². The number of carboxylic acid groups (broad SMARTS) is 2. The van der Waals surface area contributed by atoms with Crippen LogP contribution in [0.3, 0.4) is 0 Å². The molecular weight excluding hydrogens is 220 g/mol. The molecule has 0 aliphatic carbocycles. The highest BCUT2D eigenvalue weighted by Gasteiger charge is 2.10. The summed E-state index contributed by atoms with van der Waals surface area (Å²) in [7, 11) is 0. The number of unbranched alkanes of at least 4 members (excludes halogenated alkanes) is 6. The largest absolute Gasteiger partial charge is 0.481 e. The van der Waals surface area contributed by atoms with Gasteiger partial charge < -0.3 is 10.2 Å². The van der Waals surface area contributed by atoms with Crippen LogP contribution in [-0.2, 0) is 9.59 Å². The number of allylic oxidation sites excluding steroid dienone is 1. The third kappa shape index (κ3) is 9.60. The van der Waals surface area contributed by atoms with Crippen LogP contribution in [0.2, 0.25) is 0 Å². The van der Waals surface area contributed by atoms with Crippen LogP contribution in [0.15, 0.2) is 11.6 Å². The molecule has 0 aromatic carbocycles. The van der Waals surface area contributed by atoms with Gasteiger partial charge in [-0.15, -0.1) is 0 Å². The lowest BCUT2D eigenvalue weighted by atomic mass is 10.1. The molecule has 0 atom stereocenters. The van der Waals surface area contributed by atoms with E-state index in [0.717, 1.165) is 12.8 Å². The van der Waals surface area contributed by atoms with Crippen molar-refractivity contribution in [2.24, 2.45) is 0 Å². The molecule has 0 unspecified atom stereocenters. The Morgan fingerprint density at radius 3 is 2.12 bits per heavy atom. The van der Waals surface area contributed by atoms with Crippen LogP contribution < -0.4 is 0 Å². The zero-order valence-electron chi connectivity index (χ0n) is 10.4. The lowest BCUT2D eigenvalue weighted by Crippen LogP contribution is -2.06. The molecular formula is C13H22O4. The molecule has 0 rings (SSSR count). The summed E-state index contributed by atoms with van der Waals surface area (Å²) in [5.74, 6) is -2.22. The zero-order valence-corrected chi connectivity index (χ0v) is 10.4. The van der Waals surface area contributed by atoms with Gasteiger partial charge in [-0.2, -0.15) is 0 Å². The number of carbonyl (C=O) groups is 2. The highest BCUT2D eigenvalue weighted by atomic mass is 16.4. The Bertz CT molecular complexity index is 269. The van der Waals surface area contributed by atoms with Gasteiger partial charge in [0.2, 0.25) is 0 Å². The van der Waals surface area contributed by atoms with Crippen molar-refractivity contribution in [2.75, 3.05) is 0 Å². The maximum atomic E-state index is 10.7. The summed E-state index contributed by atoms with van der Waals surface area (Å²) in [4.78, 5) is 21.1. The number of rotatable bonds is 10. The van der Waals surface area contributed by atoms with Crippen molar-refractivity contribution in [3.05, 3.63) is 11.6 Å². The first kappa shape index (κ1) is 15.7. The third-order valence-corrected chi connectivity index (χ3v) is 2.56. The van der Waals surface area contributed by atoms with E-state index in [2.05, 4.69) is 6.92 Å². The molecule has 4 heteroatoms. The van der Waals surface area contributed by atoms with Crippen LogP contribution in [0, 0.1) is 0 Å². The molecule has 98 valence electrons. The molecule has 0 saturated carbocycles. The summed E-state index contributed by atoms with van der Waals surface area (Å²) < 4.78 is 0. The third-order valence-electron chi connectivity index (χ3n) is 2.56. The van der Waals surface area contributed by atoms with Crippen molar-refractivity contribution in [3.63, 3.8) is 0 Å². The van der Waals surface area contributed by atoms with E-state index in [4.69, 9.17) is 10.2 Å². The predicted molar refractivity (Wildman–Crippen MR) is 66.0 cm³/mol. The molecule has 0 aromatic rings. The first-order valence-corrected chi connectivity index (χ1v) is 6.22. The van der Waals surface area contributed by atoms with Gasteiger partial charge >= 0.3 is 11.9 Å². The first-order chi connectivity index (χ1) is 8.07. The molecule has 0 bridgehead atoms. The Morgan fingerprint density at radius 2 is 1.59 bits per heavy atom. The van der Waals surface area contributed by atoms with Crippen molar-refractivity contribution >= 4 is 11.9 Å². The second kappa shape index (κ2) is 9.87. The van der Waals surface area contributed by atoms with Gasteiger partial charge in [0.1, 0.15) is 0 Å². The summed E-state index contributed by atoms with van der Waals surface area (Å²) in [6, 6.07) is 0. The average molecular weight is 242 g/mol. The van der Waals surface area contributed by atoms with Crippen molar-refractivity contribution in [2.45, 2.75) is 58.3 Å². The van der Waals surface area contributed by atoms with E-state index < -0.39 is 18.4 Å². The van der Waals surface area contributed by atoms with Gasteiger partial charge in [0.05, 0.1) is 6.42 Å². The van der Waals surface area contributed by atoms with Crippen LogP contribution in [0.1, 0.15) is 58.3 Å². The number of hydrogen-bond donors (Lipinski definition) is 2. The normalized spacial score (nSPS) is 11.5. The SMILES string of the molecule is CCCCCCCCC=C(CC(=O)O)C(=O)O. The van der Waals surface area contributed by atoms with Crippen LogP contribution >= 0.6 is 0 Å². The molecule has 0 radical (unpaired) electrons. The average Bonchev–Trinajstić information content (AvgIpc) is 2.25. The molecule has 0 heterocycles. The van der Waals surface area contributed by atoms with E-state index in [0.29, 0.717) is 6.42 Å². The van der Waals surface area contributed by atoms with Gasteiger partial charge in [0, 0.05) is 5.57 Å². The van der Waals surface area contributed by atoms with Crippen LogP contribution in [0.5, 0.6) is 0 Å². The summed E-state index contributed by atoms with van der Waals surface area (Å²) in [5.41, 5.74) is -0.00828. The van der Waals surface area contributed by atoms with Crippen molar-refractivity contribution in [3.8, 4) is 0 Å². The van der Waals surface area contributed by atoms with E-state index >= 15 is 0 Å². The summed E-state index contributed by atoms with van der Waals surface area (Å²) in [5, 5.41) is 17.3. The van der Waals surface area contributed by atoms with Crippen molar-refractivity contribution in [1.29, 1.82) is 0 Å². The highest BCUT2D eigenvalue weighted by molar-refractivity contribution is 5.91. The van der Waals surface area contributed by atoms with Crippen LogP contribution in [0.25, 0.3) is 0 Å². The quantitative estimate of drug-likeness (QED) is 0.455. The van der Waals surface area contributed by atoms with Gasteiger partial charge in [0.15, 0.2) is 0 Å². The number of hydrogen-bond acceptors (Lipinski definition) is 2. The monoisotopic (exact) mass is 242 g/mol. The van der Waals surface area contributed by atoms with Gasteiger partial charge in [-0.05, 0) is 12.8 Å². The molecule has 4 nitrogen and oxygen atoms in total. The smallest absolute Gasteiger partial charge is 0.331 e. The Labute approximate surface area is 102 Å². The van der Waals surface area contributed by atoms with Crippen molar-refractivity contribution < 1.29 is 19.8 Å². The van der Waals surface area contributed by atoms with Gasteiger partial charge in [-0.3, -0.25) is 4.79 Å². The van der Waals surface area contributed by atoms with E-state index in [1.165, 1.54) is 31.8 Å². The molecule has 0 amide bonds. The maximum absolute atomic E-state index is 10.7. The predicted octanol–water partition coefficient (Wildman–Crippen LogP) is 3.22. The molecule has 17 heavy (non-hydrogen) atoms. The fourth-order valence-corrected chi connectivity index (χ4v) is 1.60. The van der Waals surface area contributed by atoms with Crippen LogP contribution in [-0.4, -0.2) is 22.2 Å². The summed E-state index contributed by atoms with van der Waals surface area (Å²) >= 11 is 0. The van der Waals surface area contributed by atoms with Gasteiger partial charge in [-0.25, -0.2) is 4.79 Å². The molecule has 0 saturated heterocycles. The maximum Gasteiger partial charge on any atom is 0.331 e. The minimum Gasteiger partial charge on any atom is -0.481 e. The Hall–Kier alpha value is -1.32. The number of aliphatic carboxylic acids is 2. The Kier molecular flexibility index (Phi) is 9.11. The molecule has 0 aromatic heterocycles. The first-order valence-electron chi connectivity index (χ1n) is 6.22. The molecule has 0 aliphatic rings. The fraction of sp³-hybridized carbons (Fsp3) is 0.692. The van der Waals surface area contributed by atoms with E-state index in [1.54, 1.807) is 0 Å². The fourth-order valence-electron chi connectivity index (χ4n) is 1.60. The molecule has 0 aliphatic heterocycles. The Morgan fingerprint density at radius 1 is 1.00 bits per heavy atom. The second-order valence-electron chi connectivity index (χ2n) is 4.16. The second-order valence-corrected chi connectivity index (χ2v) is 4.16. The number of carboxylic acids is 2. The lowest BCUT2D eigenvalue weighted by Gasteiger charge is -2.00. The Balaban J connectivity index is 3.78.